The molecule has 128 valence electrons. The largest absolute Gasteiger partial charge is 0.427 e. The van der Waals surface area contributed by atoms with Crippen LogP contribution in [0, 0.1) is 6.92 Å². The molecule has 7 nitrogen and oxygen atoms in total. The fourth-order valence-electron chi connectivity index (χ4n) is 3.13. The van der Waals surface area contributed by atoms with Crippen LogP contribution in [0.2, 0.25) is 0 Å². The molecule has 0 unspecified atom stereocenters. The third-order valence-electron chi connectivity index (χ3n) is 4.66. The van der Waals surface area contributed by atoms with Crippen LogP contribution in [0.1, 0.15) is 46.9 Å². The summed E-state index contributed by atoms with van der Waals surface area (Å²) < 4.78 is 5.40. The van der Waals surface area contributed by atoms with Crippen LogP contribution in [0.25, 0.3) is 11.0 Å². The molecule has 2 aromatic heterocycles. The minimum atomic E-state index is -0.592. The Balaban J connectivity index is 1.67. The highest BCUT2D eigenvalue weighted by Gasteiger charge is 2.25. The first kappa shape index (κ1) is 15.6. The second-order valence-corrected chi connectivity index (χ2v) is 6.44. The van der Waals surface area contributed by atoms with Crippen molar-refractivity contribution in [2.45, 2.75) is 32.1 Å². The van der Waals surface area contributed by atoms with E-state index in [0.717, 1.165) is 19.3 Å². The van der Waals surface area contributed by atoms with Crippen molar-refractivity contribution >= 4 is 22.6 Å². The summed E-state index contributed by atoms with van der Waals surface area (Å²) in [5.41, 5.74) is 1.82. The van der Waals surface area contributed by atoms with Crippen LogP contribution in [0.5, 0.6) is 0 Å². The number of carbonyl (C=O) groups is 1. The molecule has 1 saturated carbocycles. The zero-order valence-corrected chi connectivity index (χ0v) is 14.1. The third kappa shape index (κ3) is 2.71. The summed E-state index contributed by atoms with van der Waals surface area (Å²) in [5.74, 6) is 0.489. The van der Waals surface area contributed by atoms with Gasteiger partial charge in [0.2, 0.25) is 0 Å². The van der Waals surface area contributed by atoms with E-state index in [2.05, 4.69) is 15.5 Å². The molecule has 0 radical (unpaired) electrons. The predicted octanol–water partition coefficient (Wildman–Crippen LogP) is 2.75. The van der Waals surface area contributed by atoms with Crippen molar-refractivity contribution in [3.63, 3.8) is 0 Å². The molecular weight excluding hydrogens is 320 g/mol. The highest BCUT2D eigenvalue weighted by atomic mass is 16.4. The second kappa shape index (κ2) is 5.84. The number of carbonyl (C=O) groups excluding carboxylic acids is 1. The van der Waals surface area contributed by atoms with Crippen LogP contribution in [-0.4, -0.2) is 20.9 Å². The lowest BCUT2D eigenvalue weighted by molar-refractivity contribution is 0.102. The number of aryl methyl sites for hydroxylation is 2. The fourth-order valence-corrected chi connectivity index (χ4v) is 3.13. The minimum Gasteiger partial charge on any atom is -0.427 e. The first-order chi connectivity index (χ1) is 12.0. The Bertz CT molecular complexity index is 1030. The summed E-state index contributed by atoms with van der Waals surface area (Å²) in [6.45, 7) is 1.76. The Kier molecular flexibility index (Phi) is 3.63. The number of nitrogens with one attached hydrogen (secondary N) is 1. The molecule has 0 atom stereocenters. The SMILES string of the molecule is Cc1cc(C2CCC2)oc(=O)c1C(=O)Nc1cccc2nn(C)nc12. The van der Waals surface area contributed by atoms with Crippen LogP contribution < -0.4 is 10.9 Å². The van der Waals surface area contributed by atoms with Crippen molar-refractivity contribution < 1.29 is 9.21 Å². The average molecular weight is 338 g/mol. The van der Waals surface area contributed by atoms with Gasteiger partial charge in [-0.25, -0.2) is 4.79 Å². The van der Waals surface area contributed by atoms with Crippen molar-refractivity contribution in [2.24, 2.45) is 7.05 Å². The van der Waals surface area contributed by atoms with Crippen molar-refractivity contribution in [2.75, 3.05) is 5.32 Å². The standard InChI is InChI=1S/C18H18N4O3/c1-10-9-14(11-5-3-6-11)25-18(24)15(10)17(23)19-12-7-4-8-13-16(12)21-22(2)20-13/h4,7-9,11H,3,5-6H2,1-2H3,(H,19,23). The molecule has 25 heavy (non-hydrogen) atoms. The van der Waals surface area contributed by atoms with E-state index in [1.54, 1.807) is 26.1 Å². The van der Waals surface area contributed by atoms with E-state index in [4.69, 9.17) is 4.42 Å². The summed E-state index contributed by atoms with van der Waals surface area (Å²) in [6.07, 6.45) is 3.21. The number of fused-ring (bicyclic) bond motifs is 1. The van der Waals surface area contributed by atoms with E-state index < -0.39 is 11.5 Å². The highest BCUT2D eigenvalue weighted by Crippen LogP contribution is 2.36. The normalized spacial score (nSPS) is 14.5. The van der Waals surface area contributed by atoms with Gasteiger partial charge in [-0.1, -0.05) is 12.5 Å². The van der Waals surface area contributed by atoms with Gasteiger partial charge in [0.05, 0.1) is 5.69 Å². The van der Waals surface area contributed by atoms with Gasteiger partial charge in [-0.15, -0.1) is 0 Å². The molecule has 1 aromatic carbocycles. The van der Waals surface area contributed by atoms with E-state index in [1.807, 2.05) is 12.1 Å². The molecule has 0 bridgehead atoms. The molecule has 7 heteroatoms. The Morgan fingerprint density at radius 3 is 2.80 bits per heavy atom. The van der Waals surface area contributed by atoms with Crippen molar-refractivity contribution in [3.05, 3.63) is 51.6 Å². The predicted molar refractivity (Wildman–Crippen MR) is 92.8 cm³/mol. The molecular formula is C18H18N4O3. The van der Waals surface area contributed by atoms with Crippen LogP contribution >= 0.6 is 0 Å². The molecule has 3 aromatic rings. The van der Waals surface area contributed by atoms with Gasteiger partial charge in [0, 0.05) is 13.0 Å². The molecule has 1 fully saturated rings. The maximum Gasteiger partial charge on any atom is 0.349 e. The monoisotopic (exact) mass is 338 g/mol. The summed E-state index contributed by atoms with van der Waals surface area (Å²) >= 11 is 0. The molecule has 0 aliphatic heterocycles. The van der Waals surface area contributed by atoms with Gasteiger partial charge in [-0.05, 0) is 43.5 Å². The van der Waals surface area contributed by atoms with Gasteiger partial charge in [0.25, 0.3) is 5.91 Å². The van der Waals surface area contributed by atoms with E-state index in [9.17, 15) is 9.59 Å². The van der Waals surface area contributed by atoms with E-state index in [-0.39, 0.29) is 5.56 Å². The van der Waals surface area contributed by atoms with Crippen molar-refractivity contribution in [3.8, 4) is 0 Å². The van der Waals surface area contributed by atoms with Gasteiger partial charge in [0.15, 0.2) is 0 Å². The average Bonchev–Trinajstić information content (AvgIpc) is 2.86. The van der Waals surface area contributed by atoms with Gasteiger partial charge in [0.1, 0.15) is 22.4 Å². The summed E-state index contributed by atoms with van der Waals surface area (Å²) in [4.78, 5) is 26.4. The van der Waals surface area contributed by atoms with E-state index in [0.29, 0.717) is 34.0 Å². The summed E-state index contributed by atoms with van der Waals surface area (Å²) in [6, 6.07) is 7.13. The number of rotatable bonds is 3. The van der Waals surface area contributed by atoms with Gasteiger partial charge >= 0.3 is 5.63 Å². The van der Waals surface area contributed by atoms with Crippen molar-refractivity contribution in [1.29, 1.82) is 0 Å². The quantitative estimate of drug-likeness (QED) is 0.793. The number of amides is 1. The Morgan fingerprint density at radius 1 is 1.32 bits per heavy atom. The molecule has 2 heterocycles. The van der Waals surface area contributed by atoms with E-state index in [1.165, 1.54) is 4.80 Å². The lowest BCUT2D eigenvalue weighted by atomic mass is 9.83. The first-order valence-corrected chi connectivity index (χ1v) is 8.29. The van der Waals surface area contributed by atoms with Crippen molar-refractivity contribution in [1.82, 2.24) is 15.0 Å². The summed E-state index contributed by atoms with van der Waals surface area (Å²) in [7, 11) is 1.71. The number of nitrogens with zero attached hydrogens (tertiary/aromatic N) is 3. The Morgan fingerprint density at radius 2 is 2.12 bits per heavy atom. The molecule has 0 saturated heterocycles. The third-order valence-corrected chi connectivity index (χ3v) is 4.66. The fraction of sp³-hybridized carbons (Fsp3) is 0.333. The Labute approximate surface area is 143 Å². The molecule has 1 amide bonds. The number of benzene rings is 1. The second-order valence-electron chi connectivity index (χ2n) is 6.44. The molecule has 1 aliphatic carbocycles. The lowest BCUT2D eigenvalue weighted by Crippen LogP contribution is -2.24. The summed E-state index contributed by atoms with van der Waals surface area (Å²) in [5, 5.41) is 11.2. The van der Waals surface area contributed by atoms with Gasteiger partial charge in [-0.2, -0.15) is 15.0 Å². The minimum absolute atomic E-state index is 0.0315. The van der Waals surface area contributed by atoms with Crippen LogP contribution in [-0.2, 0) is 7.05 Å². The number of anilines is 1. The molecule has 4 rings (SSSR count). The number of aromatic nitrogens is 3. The van der Waals surface area contributed by atoms with Crippen LogP contribution in [0.4, 0.5) is 5.69 Å². The van der Waals surface area contributed by atoms with Crippen LogP contribution in [0.3, 0.4) is 0 Å². The highest BCUT2D eigenvalue weighted by molar-refractivity contribution is 6.08. The maximum atomic E-state index is 12.6. The molecule has 0 spiro atoms. The van der Waals surface area contributed by atoms with Gasteiger partial charge in [-0.3, -0.25) is 4.79 Å². The van der Waals surface area contributed by atoms with E-state index >= 15 is 0 Å². The smallest absolute Gasteiger partial charge is 0.349 e. The molecule has 1 N–H and O–H groups in total. The van der Waals surface area contributed by atoms with Gasteiger partial charge < -0.3 is 9.73 Å². The zero-order valence-electron chi connectivity index (χ0n) is 14.1. The topological polar surface area (TPSA) is 90.0 Å². The van der Waals surface area contributed by atoms with Crippen LogP contribution in [0.15, 0.2) is 33.5 Å². The number of hydrogen-bond acceptors (Lipinski definition) is 5. The number of hydrogen-bond donors (Lipinski definition) is 1. The first-order valence-electron chi connectivity index (χ1n) is 8.29. The Hall–Kier alpha value is -2.96. The maximum absolute atomic E-state index is 12.6. The molecule has 1 aliphatic rings. The zero-order chi connectivity index (χ0) is 17.6. The lowest BCUT2D eigenvalue weighted by Gasteiger charge is -2.24.